The molecule has 8 aromatic rings. The zero-order valence-electron chi connectivity index (χ0n) is 74.7. The number of azide groups is 1. The fourth-order valence-electron chi connectivity index (χ4n) is 16.0. The number of benzene rings is 8. The topological polar surface area (TPSA) is 437 Å². The number of hydrogen-bond donors (Lipinski definition) is 2. The van der Waals surface area contributed by atoms with Gasteiger partial charge in [0.2, 0.25) is 7.59 Å². The third-order valence-corrected chi connectivity index (χ3v) is 23.3. The summed E-state index contributed by atoms with van der Waals surface area (Å²) in [6, 6.07) is 59.4. The molecule has 0 bridgehead atoms. The van der Waals surface area contributed by atoms with Crippen LogP contribution >= 0.6 is 69.6 Å². The lowest BCUT2D eigenvalue weighted by molar-refractivity contribution is -0.388. The van der Waals surface area contributed by atoms with Crippen molar-refractivity contribution < 1.29 is 147 Å². The van der Waals surface area contributed by atoms with Crippen LogP contribution in [0.2, 0.25) is 0 Å². The standard InChI is InChI=1S/C98H97Cl6N5O31/c1-57(110)45-46-74(111)127-70(51-121-83(112)58-29-11-2-12-30-58)77-66(128-85(114)60-33-15-4-16-34-60)49-68(130-87(116)62-37-19-6-20-38-62)91(135-77)140-82-76(108-96(119)126-56-98(102,103)104)94(134-73-54-124-90(138-80(73)82)65-43-25-9-26-44-65)133-71(52-122-84(113)59-31-13-3-14-32-59)78-67(129-86(115)61-35-17-5-18-36-61)50-69(131-88(117)63-39-21-7-22-40-63)92(136-78)139-81-75(107-95(118)125-55-97(99,100)101)93(120-48-28-10-27-47-106-109-105)132-72-53-123-89(137-79(72)81)64-41-23-8-24-42-64/h2-9,11-26,29-44,66-73,75-82,89-94H,10,27-28,45-56H2,1H3,(H,107,118)(H,108,119)/t66?,67?,68-,69-,70+,71+,72?,73?,75?,76?,77+,78+,79?,80?,81?,82?,89?,90?,91-,92-,93?,94?/m0/s1. The fourth-order valence-corrected chi connectivity index (χ4v) is 16.4. The first-order chi connectivity index (χ1) is 67.6. The number of Topliss-reactive ketones (excluding diaryl/α,β-unsaturated/α-hetero) is 1. The number of alkyl halides is 6. The quantitative estimate of drug-likeness (QED) is 0.00687. The molecule has 8 aromatic carbocycles. The Balaban J connectivity index is 0.935. The number of unbranched alkanes of at least 4 members (excludes halogenated alkanes) is 2. The molecule has 6 fully saturated rings. The highest BCUT2D eigenvalue weighted by Gasteiger charge is 2.60. The summed E-state index contributed by atoms with van der Waals surface area (Å²) >= 11 is 37.6. The predicted octanol–water partition coefficient (Wildman–Crippen LogP) is 15.4. The summed E-state index contributed by atoms with van der Waals surface area (Å²) in [6.45, 7) is -3.07. The highest BCUT2D eigenvalue weighted by molar-refractivity contribution is 6.68. The number of carbonyl (C=O) groups is 10. The van der Waals surface area contributed by atoms with Crippen molar-refractivity contribution in [2.45, 2.75) is 195 Å². The van der Waals surface area contributed by atoms with E-state index in [0.717, 1.165) is 0 Å². The molecule has 14 rings (SSSR count). The molecule has 0 radical (unpaired) electrons. The van der Waals surface area contributed by atoms with Gasteiger partial charge in [0.05, 0.1) is 53.0 Å². The van der Waals surface area contributed by atoms with Gasteiger partial charge in [0, 0.05) is 48.5 Å². The van der Waals surface area contributed by atoms with E-state index in [1.807, 2.05) is 0 Å². The van der Waals surface area contributed by atoms with E-state index < -0.39 is 255 Å². The van der Waals surface area contributed by atoms with Crippen molar-refractivity contribution in [1.29, 1.82) is 0 Å². The Morgan fingerprint density at radius 1 is 0.414 bits per heavy atom. The normalized spacial score (nSPS) is 25.9. The molecule has 140 heavy (non-hydrogen) atoms. The first kappa shape index (κ1) is 105. The molecule has 14 unspecified atom stereocenters. The summed E-state index contributed by atoms with van der Waals surface area (Å²) in [4.78, 5) is 149. The summed E-state index contributed by atoms with van der Waals surface area (Å²) in [5.74, 6) is -7.42. The minimum Gasteiger partial charge on any atom is -0.459 e. The lowest BCUT2D eigenvalue weighted by atomic mass is 9.93. The molecule has 0 spiro atoms. The van der Waals surface area contributed by atoms with Crippen molar-refractivity contribution in [2.75, 3.05) is 52.8 Å². The third kappa shape index (κ3) is 30.0. The second-order valence-electron chi connectivity index (χ2n) is 32.7. The zero-order valence-corrected chi connectivity index (χ0v) is 79.2. The molecular weight excluding hydrogens is 1960 g/mol. The van der Waals surface area contributed by atoms with Crippen LogP contribution in [0.4, 0.5) is 9.59 Å². The van der Waals surface area contributed by atoms with E-state index in [1.54, 1.807) is 170 Å². The summed E-state index contributed by atoms with van der Waals surface area (Å²) in [5, 5.41) is 9.16. The van der Waals surface area contributed by atoms with Crippen LogP contribution in [0.5, 0.6) is 0 Å². The van der Waals surface area contributed by atoms with Gasteiger partial charge >= 0.3 is 54.0 Å². The maximum Gasteiger partial charge on any atom is 0.407 e. The van der Waals surface area contributed by atoms with Gasteiger partial charge in [0.1, 0.15) is 111 Å². The Labute approximate surface area is 832 Å². The van der Waals surface area contributed by atoms with E-state index >= 15 is 19.2 Å². The van der Waals surface area contributed by atoms with Crippen molar-refractivity contribution in [3.8, 4) is 0 Å². The van der Waals surface area contributed by atoms with E-state index in [-0.39, 0.29) is 59.6 Å². The van der Waals surface area contributed by atoms with Gasteiger partial charge in [-0.2, -0.15) is 0 Å². The van der Waals surface area contributed by atoms with Crippen molar-refractivity contribution in [2.24, 2.45) is 5.11 Å². The summed E-state index contributed by atoms with van der Waals surface area (Å²) in [6.07, 6.45) is -38.3. The SMILES string of the molecule is CC(=O)CCC(=O)O[C@H](COC(=O)c1ccccc1)[C@@H]1O[C@@H](OC2C(NC(=O)OCC(Cl)(Cl)Cl)C(O[C@H](COC(=O)c3ccccc3)[C@@H]3O[C@@H](OC4C(NC(=O)OCC(Cl)(Cl)Cl)C(OCCCCCN=[N+]=[N-])OC5COC(c6ccccc6)OC54)[C@@H](OC(=O)c4ccccc4)CC3OC(=O)c3ccccc3)OC3COC(c4ccccc4)OC32)[C@@H](OC(=O)c2ccccc2)CC1OC(=O)c1ccccc1. The number of carbonyl (C=O) groups excluding carboxylic acids is 10. The number of esters is 7. The van der Waals surface area contributed by atoms with E-state index in [0.29, 0.717) is 30.4 Å². The monoisotopic (exact) mass is 2050 g/mol. The molecule has 2 N–H and O–H groups in total. The van der Waals surface area contributed by atoms with Gasteiger partial charge < -0.3 is 115 Å². The van der Waals surface area contributed by atoms with Gasteiger partial charge in [-0.25, -0.2) is 38.4 Å². The molecule has 6 saturated heterocycles. The van der Waals surface area contributed by atoms with Gasteiger partial charge in [-0.3, -0.25) is 4.79 Å². The van der Waals surface area contributed by atoms with Crippen molar-refractivity contribution in [1.82, 2.24) is 10.6 Å². The van der Waals surface area contributed by atoms with Crippen molar-refractivity contribution >= 4 is 129 Å². The van der Waals surface area contributed by atoms with Crippen LogP contribution in [0.15, 0.2) is 248 Å². The van der Waals surface area contributed by atoms with Crippen LogP contribution in [0.1, 0.15) is 138 Å². The number of halogens is 6. The van der Waals surface area contributed by atoms with Crippen LogP contribution in [0.3, 0.4) is 0 Å². The molecule has 42 heteroatoms. The summed E-state index contributed by atoms with van der Waals surface area (Å²) in [5.41, 5.74) is 9.91. The van der Waals surface area contributed by atoms with Crippen LogP contribution in [-0.2, 0) is 109 Å². The van der Waals surface area contributed by atoms with Gasteiger partial charge in [-0.05, 0) is 98.1 Å². The second-order valence-corrected chi connectivity index (χ2v) is 37.8. The van der Waals surface area contributed by atoms with E-state index in [1.165, 1.54) is 79.7 Å². The molecule has 0 aromatic heterocycles. The smallest absolute Gasteiger partial charge is 0.407 e. The summed E-state index contributed by atoms with van der Waals surface area (Å²) < 4.78 is 135. The first-order valence-corrected chi connectivity index (χ1v) is 46.9. The number of ether oxygens (including phenoxy) is 21. The number of amides is 2. The lowest BCUT2D eigenvalue weighted by Gasteiger charge is -2.52. The Bertz CT molecular complexity index is 5470. The van der Waals surface area contributed by atoms with Gasteiger partial charge in [-0.15, -0.1) is 0 Å². The molecule has 6 heterocycles. The molecule has 6 aliphatic rings. The first-order valence-electron chi connectivity index (χ1n) is 44.7. The maximum absolute atomic E-state index is 15.3. The molecule has 0 saturated carbocycles. The Kier molecular flexibility index (Phi) is 38.1. The van der Waals surface area contributed by atoms with E-state index in [9.17, 15) is 28.8 Å². The molecule has 742 valence electrons. The molecule has 22 atom stereocenters. The Morgan fingerprint density at radius 2 is 0.771 bits per heavy atom. The largest absolute Gasteiger partial charge is 0.459 e. The molecule has 6 aliphatic heterocycles. The average Bonchev–Trinajstić information content (AvgIpc) is 0.755. The number of nitrogens with one attached hydrogen (secondary N) is 2. The second kappa shape index (κ2) is 51.0. The van der Waals surface area contributed by atoms with E-state index in [4.69, 9.17) is 175 Å². The Morgan fingerprint density at radius 3 is 1.16 bits per heavy atom. The highest BCUT2D eigenvalue weighted by Crippen LogP contribution is 2.44. The molecule has 2 amide bonds. The van der Waals surface area contributed by atoms with Crippen LogP contribution in [0, 0.1) is 0 Å². The lowest BCUT2D eigenvalue weighted by Crippen LogP contribution is -2.70. The maximum atomic E-state index is 15.3. The van der Waals surface area contributed by atoms with Crippen LogP contribution in [0.25, 0.3) is 10.4 Å². The van der Waals surface area contributed by atoms with Crippen molar-refractivity contribution in [3.05, 3.63) is 298 Å². The van der Waals surface area contributed by atoms with E-state index in [2.05, 4.69) is 20.7 Å². The number of fused-ring (bicyclic) bond motifs is 2. The molecular formula is C98H97Cl6N5O31. The minimum absolute atomic E-state index is 0.00244. The zero-order chi connectivity index (χ0) is 98.7. The average molecular weight is 2050 g/mol. The van der Waals surface area contributed by atoms with Crippen LogP contribution in [-0.4, -0.2) is 243 Å². The van der Waals surface area contributed by atoms with Crippen molar-refractivity contribution in [3.63, 3.8) is 0 Å². The predicted molar refractivity (Wildman–Crippen MR) is 495 cm³/mol. The van der Waals surface area contributed by atoms with Gasteiger partial charge in [-0.1, -0.05) is 251 Å². The van der Waals surface area contributed by atoms with Crippen LogP contribution < -0.4 is 10.6 Å². The number of nitrogens with zero attached hydrogens (tertiary/aromatic N) is 3. The highest BCUT2D eigenvalue weighted by atomic mass is 35.6. The minimum atomic E-state index is -2.32. The Hall–Kier alpha value is -11.2. The van der Waals surface area contributed by atoms with Gasteiger partial charge in [0.15, 0.2) is 56.1 Å². The molecule has 36 nitrogen and oxygen atoms in total. The summed E-state index contributed by atoms with van der Waals surface area (Å²) in [7, 11) is 0. The number of ketones is 1. The number of hydrogen-bond acceptors (Lipinski definition) is 32. The third-order valence-electron chi connectivity index (χ3n) is 22.7. The fraction of sp³-hybridized carbons (Fsp3) is 0.408. The molecule has 0 aliphatic carbocycles. The number of rotatable bonds is 39. The number of alkyl carbamates (subject to hydrolysis) is 2. The van der Waals surface area contributed by atoms with Gasteiger partial charge in [0.25, 0.3) is 0 Å².